The summed E-state index contributed by atoms with van der Waals surface area (Å²) in [6.07, 6.45) is 11.5. The summed E-state index contributed by atoms with van der Waals surface area (Å²) in [5.41, 5.74) is 10.5. The van der Waals surface area contributed by atoms with Crippen LogP contribution in [0, 0.1) is 27.6 Å². The number of carbonyl (C=O) groups is 4. The number of benzene rings is 4. The van der Waals surface area contributed by atoms with Gasteiger partial charge in [0.15, 0.2) is 0 Å². The maximum atomic E-state index is 11.8. The molecule has 3 saturated heterocycles. The largest absolute Gasteiger partial charge is 1.00 e. The third-order valence-electron chi connectivity index (χ3n) is 23.5. The second-order valence-corrected chi connectivity index (χ2v) is 36.2. The first-order chi connectivity index (χ1) is 49.4. The monoisotopic (exact) mass is 1830 g/mol. The molecule has 3 aliphatic rings. The predicted octanol–water partition coefficient (Wildman–Crippen LogP) is 25.8. The fourth-order valence-corrected chi connectivity index (χ4v) is 12.2. The Morgan fingerprint density at radius 1 is 0.382 bits per heavy atom. The molecule has 3 aliphatic heterocycles. The van der Waals surface area contributed by atoms with E-state index in [-0.39, 0.29) is 201 Å². The molecule has 0 amide bonds. The zero-order valence-corrected chi connectivity index (χ0v) is 76.7. The minimum Gasteiger partial charge on any atom is -1.00 e. The highest BCUT2D eigenvalue weighted by Gasteiger charge is 2.49. The number of quaternary nitrogens is 4. The quantitative estimate of drug-likeness (QED) is 0.0118. The summed E-state index contributed by atoms with van der Waals surface area (Å²) < 4.78 is 20.0. The molecule has 3 fully saturated rings. The summed E-state index contributed by atoms with van der Waals surface area (Å²) in [6.45, 7) is 61.3. The summed E-state index contributed by atoms with van der Waals surface area (Å²) >= 11 is 0. The van der Waals surface area contributed by atoms with Crippen LogP contribution in [-0.2, 0) is 64.5 Å². The zero-order chi connectivity index (χ0) is 80.9. The lowest BCUT2D eigenvalue weighted by Gasteiger charge is -2.55. The van der Waals surface area contributed by atoms with Crippen LogP contribution in [0.25, 0.3) is 0 Å². The molecule has 0 aliphatic carbocycles. The Balaban J connectivity index is -0.0000000731. The lowest BCUT2D eigenvalue weighted by atomic mass is 9.82. The minimum atomic E-state index is -0.455. The van der Waals surface area contributed by atoms with E-state index in [4.69, 9.17) is 19.5 Å². The van der Waals surface area contributed by atoms with Crippen LogP contribution in [0.15, 0.2) is 97.1 Å². The second kappa shape index (κ2) is 77.4. The number of hydrogen-bond acceptors (Lipinski definition) is 9. The van der Waals surface area contributed by atoms with Crippen molar-refractivity contribution < 1.29 is 90.9 Å². The van der Waals surface area contributed by atoms with Gasteiger partial charge >= 0.3 is 17.9 Å². The Kier molecular flexibility index (Phi) is 100.0. The first-order valence-electron chi connectivity index (χ1n) is 41.4. The molecule has 4 aromatic carbocycles. The van der Waals surface area contributed by atoms with Crippen molar-refractivity contribution in [3.63, 3.8) is 0 Å². The van der Waals surface area contributed by atoms with Gasteiger partial charge in [-0.25, -0.2) is 4.89 Å². The van der Waals surface area contributed by atoms with E-state index in [1.54, 1.807) is 0 Å². The Morgan fingerprint density at radius 3 is 0.878 bits per heavy atom. The van der Waals surface area contributed by atoms with Crippen molar-refractivity contribution in [2.45, 2.75) is 410 Å². The van der Waals surface area contributed by atoms with Crippen LogP contribution < -0.4 is 29.4 Å². The van der Waals surface area contributed by atoms with Crippen LogP contribution in [0.1, 0.15) is 422 Å². The molecule has 2 bridgehead atoms. The second-order valence-electron chi connectivity index (χ2n) is 36.2. The maximum absolute atomic E-state index is 11.8. The molecule has 0 aromatic heterocycles. The fourth-order valence-electron chi connectivity index (χ4n) is 12.2. The zero-order valence-electron chi connectivity index (χ0n) is 74.3. The van der Waals surface area contributed by atoms with Crippen molar-refractivity contribution in [1.29, 1.82) is 0 Å². The van der Waals surface area contributed by atoms with E-state index in [9.17, 15) is 19.2 Å². The van der Waals surface area contributed by atoms with Gasteiger partial charge in [-0.1, -0.05) is 346 Å². The molecule has 0 saturated carbocycles. The molecule has 15 heteroatoms. The van der Waals surface area contributed by atoms with Gasteiger partial charge in [-0.2, -0.15) is 0 Å². The fraction of sp³-hybridized carbons (Fsp3) is 0.741. The summed E-state index contributed by atoms with van der Waals surface area (Å²) in [5.74, 6) is 2.46. The van der Waals surface area contributed by atoms with Gasteiger partial charge in [0.25, 0.3) is 0 Å². The Bertz CT molecular complexity index is 2890. The van der Waals surface area contributed by atoms with Crippen molar-refractivity contribution in [2.75, 3.05) is 101 Å². The number of carbonyl (C=O) groups excluding carboxylic acids is 4. The number of esters is 3. The number of Topliss-reactive ketones (excluding diaryl/α,β-unsaturated/α-hetero) is 1. The normalized spacial score (nSPS) is 15.1. The maximum Gasteiger partial charge on any atom is 0.311 e. The summed E-state index contributed by atoms with van der Waals surface area (Å²) in [7, 11) is 13.3. The number of fused-ring (bicyclic) bond motifs is 3. The van der Waals surface area contributed by atoms with E-state index in [0.717, 1.165) is 67.0 Å². The van der Waals surface area contributed by atoms with Crippen LogP contribution in [0.3, 0.4) is 0 Å². The summed E-state index contributed by atoms with van der Waals surface area (Å²) in [4.78, 5) is 50.8. The van der Waals surface area contributed by atoms with Crippen LogP contribution in [-0.4, -0.2) is 154 Å². The Hall–Kier alpha value is -4.51. The van der Waals surface area contributed by atoms with Crippen LogP contribution in [0.4, 0.5) is 0 Å². The van der Waals surface area contributed by atoms with Gasteiger partial charge in [-0.05, 0) is 143 Å². The van der Waals surface area contributed by atoms with Crippen LogP contribution in [0.5, 0.6) is 0 Å². The third kappa shape index (κ3) is 60.1. The molecule has 1 N–H and O–H groups in total. The van der Waals surface area contributed by atoms with Crippen molar-refractivity contribution in [1.82, 2.24) is 0 Å². The number of halogens is 2. The summed E-state index contributed by atoms with van der Waals surface area (Å²) in [6, 6.07) is 37.3. The molecule has 4 aromatic rings. The molecule has 7 rings (SSSR count). The van der Waals surface area contributed by atoms with E-state index in [1.807, 2.05) is 96.9 Å². The number of piperazine rings is 3. The average molecular weight is 1840 g/mol. The molecule has 13 nitrogen and oxygen atoms in total. The topological polar surface area (TPSA) is 125 Å². The summed E-state index contributed by atoms with van der Waals surface area (Å²) in [5, 5.41) is 8.92. The number of ether oxygens (including phenoxy) is 3. The molecule has 6 unspecified atom stereocenters. The molecular formula is C108H222BrClN4O9+2. The molecule has 3 heterocycles. The molecular weight excluding hydrogens is 1610 g/mol. The van der Waals surface area contributed by atoms with Gasteiger partial charge in [0.2, 0.25) is 0 Å². The molecule has 0 radical (unpaired) electrons. The van der Waals surface area contributed by atoms with E-state index >= 15 is 0 Å². The lowest BCUT2D eigenvalue weighted by Crippen LogP contribution is -3.00. The predicted molar refractivity (Wildman–Crippen MR) is 547 cm³/mol. The van der Waals surface area contributed by atoms with Crippen molar-refractivity contribution in [3.8, 4) is 0 Å². The number of unbranched alkanes of at least 4 members (excludes halogenated alkanes) is 1. The molecule has 740 valence electrons. The average Bonchev–Trinajstić information content (AvgIpc) is 0.755. The van der Waals surface area contributed by atoms with Gasteiger partial charge in [-0.3, -0.25) is 24.4 Å². The van der Waals surface area contributed by atoms with Gasteiger partial charge in [-0.15, -0.1) is 0 Å². The smallest absolute Gasteiger partial charge is 0.311 e. The Morgan fingerprint density at radius 2 is 0.650 bits per heavy atom. The highest BCUT2D eigenvalue weighted by atomic mass is 79.9. The van der Waals surface area contributed by atoms with E-state index < -0.39 is 10.8 Å². The van der Waals surface area contributed by atoms with E-state index in [0.29, 0.717) is 43.1 Å². The van der Waals surface area contributed by atoms with Gasteiger partial charge in [0.1, 0.15) is 77.3 Å². The molecule has 6 atom stereocenters. The van der Waals surface area contributed by atoms with Gasteiger partial charge in [0.05, 0.1) is 78.9 Å². The highest BCUT2D eigenvalue weighted by molar-refractivity contribution is 5.84. The van der Waals surface area contributed by atoms with E-state index in [1.165, 1.54) is 132 Å². The van der Waals surface area contributed by atoms with Gasteiger partial charge < -0.3 is 61.5 Å². The number of nitrogens with zero attached hydrogens (tertiary/aromatic N) is 4. The van der Waals surface area contributed by atoms with Crippen molar-refractivity contribution >= 4 is 23.7 Å². The SMILES string of the molecule is C.C.C.C.C.C.C.C.C.C.C.C.C.C.C.CCC(C)(C)C(=O)CCOC(=O)C(C)(C)CC.CCC(C)(C)C(=O)OCCC(OO)C(C)(C)CC.CCC(C)c1ccc(C[N+](C)(C)C)cc1.CCC(C)c1ccc(C[N+](C)(C)C)cc1.CCC(C)c1ccc(C[N+]23CC[N+](Cc4ccc(C(C)CC)cc4)(CC2)CC3)cc1.CCCCOC(=O)C(C)CC.[Br-].[Cl-]. The number of rotatable bonds is 36. The molecule has 123 heavy (non-hydrogen) atoms. The first kappa shape index (κ1) is 159. The molecule has 0 spiro atoms. The minimum absolute atomic E-state index is 0. The number of ketones is 1. The lowest BCUT2D eigenvalue weighted by molar-refractivity contribution is -1.09. The number of hydrogen-bond donors (Lipinski definition) is 1. The van der Waals surface area contributed by atoms with Crippen LogP contribution >= 0.6 is 0 Å². The highest BCUT2D eigenvalue weighted by Crippen LogP contribution is 2.34. The van der Waals surface area contributed by atoms with Crippen LogP contribution in [0.2, 0.25) is 0 Å². The standard InChI is InChI=1S/C28H42N2.2C14H24N.C14H28O4.C14H26O3.C9H18O2.15CH4.BrH.ClH/c1-5-23(3)27-11-7-25(8-12-27)21-29-15-18-30(19-16-29,20-17-29)22-26-9-13-28(14-10-26)24(4)6-2;2*1-6-12(2)14-9-7-13(8-10-14)11-15(3,4)5;1-7-13(3,4)11(18-16)9-10-17-12(15)14(5,6)8-2;1-7-13(3,4)11(15)9-10-17-12(16)14(5,6)8-2;1-4-6-7-11-9(10)8(3)5-2;;;;;;;;;;;;;;;;;/h7-14,23-24H,5-6,15-22H2,1-4H3;2*7-10,12H,6,11H2,1-5H3;11,16H,7-10H2,1-6H3;7-10H2,1-6H3;8H,4-7H2,1-3H3;15*1H4;2*1H/q+2;2*+1;;;;;;;;;;;;;;;;;;;;/p-2. The Labute approximate surface area is 790 Å². The van der Waals surface area contributed by atoms with Gasteiger partial charge in [0, 0.05) is 40.5 Å². The van der Waals surface area contributed by atoms with E-state index in [2.05, 4.69) is 207 Å². The first-order valence-corrected chi connectivity index (χ1v) is 41.4. The third-order valence-corrected chi connectivity index (χ3v) is 23.5. The van der Waals surface area contributed by atoms with Crippen molar-refractivity contribution in [2.24, 2.45) is 27.6 Å². The van der Waals surface area contributed by atoms with Crippen molar-refractivity contribution in [3.05, 3.63) is 142 Å².